The largest absolute Gasteiger partial charge is 0.497 e. The summed E-state index contributed by atoms with van der Waals surface area (Å²) in [7, 11) is 1.64. The van der Waals surface area contributed by atoms with Crippen LogP contribution in [0.1, 0.15) is 6.42 Å². The molecule has 6 nitrogen and oxygen atoms in total. The average Bonchev–Trinajstić information content (AvgIpc) is 2.72. The molecule has 3 rings (SSSR count). The first kappa shape index (κ1) is 20.3. The first-order valence-electron chi connectivity index (χ1n) is 9.58. The number of nitrogens with two attached hydrogens (primary N) is 1. The van der Waals surface area contributed by atoms with Crippen LogP contribution in [0.15, 0.2) is 53.5 Å². The zero-order valence-electron chi connectivity index (χ0n) is 16.3. The van der Waals surface area contributed by atoms with Crippen molar-refractivity contribution in [2.75, 3.05) is 56.6 Å². The van der Waals surface area contributed by atoms with Gasteiger partial charge in [-0.05, 0) is 30.7 Å². The smallest absolute Gasteiger partial charge is 0.193 e. The third-order valence-electron chi connectivity index (χ3n) is 4.82. The number of halogens is 1. The number of hydrogen-bond donors (Lipinski definition) is 2. The predicted molar refractivity (Wildman–Crippen MR) is 118 cm³/mol. The SMILES string of the molecule is COc1cccc(NC(N)=NCCCN2CCN(c3ccccc3Cl)CC2)c1. The lowest BCUT2D eigenvalue weighted by atomic mass is 10.2. The fraction of sp³-hybridized carbons (Fsp3) is 0.381. The second-order valence-corrected chi connectivity index (χ2v) is 7.16. The summed E-state index contributed by atoms with van der Waals surface area (Å²) in [6.07, 6.45) is 0.979. The first-order valence-corrected chi connectivity index (χ1v) is 9.96. The molecule has 150 valence electrons. The average molecular weight is 402 g/mol. The molecule has 0 aromatic heterocycles. The lowest BCUT2D eigenvalue weighted by Crippen LogP contribution is -2.46. The van der Waals surface area contributed by atoms with Gasteiger partial charge in [-0.3, -0.25) is 9.89 Å². The number of aliphatic imine (C=N–C) groups is 1. The fourth-order valence-electron chi connectivity index (χ4n) is 3.30. The van der Waals surface area contributed by atoms with Crippen LogP contribution in [0.25, 0.3) is 0 Å². The Hall–Kier alpha value is -2.44. The van der Waals surface area contributed by atoms with Crippen LogP contribution in [0.2, 0.25) is 5.02 Å². The number of para-hydroxylation sites is 1. The second-order valence-electron chi connectivity index (χ2n) is 6.76. The van der Waals surface area contributed by atoms with Crippen molar-refractivity contribution in [3.63, 3.8) is 0 Å². The summed E-state index contributed by atoms with van der Waals surface area (Å²) in [4.78, 5) is 9.24. The minimum Gasteiger partial charge on any atom is -0.497 e. The lowest BCUT2D eigenvalue weighted by Gasteiger charge is -2.36. The van der Waals surface area contributed by atoms with Gasteiger partial charge in [-0.25, -0.2) is 0 Å². The van der Waals surface area contributed by atoms with E-state index in [0.29, 0.717) is 12.5 Å². The van der Waals surface area contributed by atoms with E-state index in [1.807, 2.05) is 42.5 Å². The van der Waals surface area contributed by atoms with Gasteiger partial charge in [-0.1, -0.05) is 29.8 Å². The molecule has 1 heterocycles. The third kappa shape index (κ3) is 5.78. The Balaban J connectivity index is 1.37. The summed E-state index contributed by atoms with van der Waals surface area (Å²) in [6, 6.07) is 15.7. The Bertz CT molecular complexity index is 790. The van der Waals surface area contributed by atoms with Crippen LogP contribution < -0.4 is 20.7 Å². The highest BCUT2D eigenvalue weighted by Crippen LogP contribution is 2.26. The number of nitrogens with one attached hydrogen (secondary N) is 1. The van der Waals surface area contributed by atoms with Crippen molar-refractivity contribution in [1.82, 2.24) is 4.90 Å². The molecule has 7 heteroatoms. The highest BCUT2D eigenvalue weighted by atomic mass is 35.5. The van der Waals surface area contributed by atoms with E-state index in [4.69, 9.17) is 22.1 Å². The maximum absolute atomic E-state index is 6.31. The van der Waals surface area contributed by atoms with Crippen LogP contribution in [0.5, 0.6) is 5.75 Å². The molecule has 0 amide bonds. The van der Waals surface area contributed by atoms with Gasteiger partial charge in [0.2, 0.25) is 0 Å². The predicted octanol–water partition coefficient (Wildman–Crippen LogP) is 3.29. The Morgan fingerprint density at radius 1 is 1.14 bits per heavy atom. The highest BCUT2D eigenvalue weighted by Gasteiger charge is 2.18. The van der Waals surface area contributed by atoms with Crippen LogP contribution in [-0.4, -0.2) is 57.2 Å². The van der Waals surface area contributed by atoms with Crippen LogP contribution >= 0.6 is 11.6 Å². The zero-order chi connectivity index (χ0) is 19.8. The standard InChI is InChI=1S/C21H28ClN5O/c1-28-18-7-4-6-17(16-18)25-21(23)24-10-5-11-26-12-14-27(15-13-26)20-9-3-2-8-19(20)22/h2-4,6-9,16H,5,10-15H2,1H3,(H3,23,24,25). The molecule has 0 unspecified atom stereocenters. The number of methoxy groups -OCH3 is 1. The second kappa shape index (κ2) is 10.2. The maximum atomic E-state index is 6.31. The van der Waals surface area contributed by atoms with Crippen LogP contribution in [0.3, 0.4) is 0 Å². The lowest BCUT2D eigenvalue weighted by molar-refractivity contribution is 0.256. The van der Waals surface area contributed by atoms with Crippen LogP contribution in [0.4, 0.5) is 11.4 Å². The molecule has 0 bridgehead atoms. The van der Waals surface area contributed by atoms with Gasteiger partial charge >= 0.3 is 0 Å². The molecular weight excluding hydrogens is 374 g/mol. The van der Waals surface area contributed by atoms with Gasteiger partial charge in [-0.15, -0.1) is 0 Å². The van der Waals surface area contributed by atoms with E-state index < -0.39 is 0 Å². The van der Waals surface area contributed by atoms with Crippen molar-refractivity contribution in [3.8, 4) is 5.75 Å². The molecule has 0 aliphatic carbocycles. The van der Waals surface area contributed by atoms with E-state index in [-0.39, 0.29) is 0 Å². The Morgan fingerprint density at radius 3 is 2.68 bits per heavy atom. The van der Waals surface area contributed by atoms with Crippen molar-refractivity contribution in [3.05, 3.63) is 53.6 Å². The van der Waals surface area contributed by atoms with Crippen LogP contribution in [0, 0.1) is 0 Å². The molecule has 0 radical (unpaired) electrons. The minimum atomic E-state index is 0.428. The van der Waals surface area contributed by atoms with Crippen molar-refractivity contribution in [2.24, 2.45) is 10.7 Å². The molecule has 3 N–H and O–H groups in total. The monoisotopic (exact) mass is 401 g/mol. The Morgan fingerprint density at radius 2 is 1.93 bits per heavy atom. The third-order valence-corrected chi connectivity index (χ3v) is 5.14. The number of piperazine rings is 1. The number of guanidine groups is 1. The molecule has 1 aliphatic heterocycles. The summed E-state index contributed by atoms with van der Waals surface area (Å²) in [5.41, 5.74) is 7.98. The molecule has 2 aromatic carbocycles. The molecule has 1 aliphatic rings. The van der Waals surface area contributed by atoms with Gasteiger partial charge in [0.25, 0.3) is 0 Å². The number of hydrogen-bond acceptors (Lipinski definition) is 4. The first-order chi connectivity index (χ1) is 13.7. The number of nitrogens with zero attached hydrogens (tertiary/aromatic N) is 3. The summed E-state index contributed by atoms with van der Waals surface area (Å²) in [6.45, 7) is 5.78. The van der Waals surface area contributed by atoms with Gasteiger partial charge in [0.1, 0.15) is 5.75 Å². The van der Waals surface area contributed by atoms with E-state index in [9.17, 15) is 0 Å². The van der Waals surface area contributed by atoms with Gasteiger partial charge in [-0.2, -0.15) is 0 Å². The zero-order valence-corrected chi connectivity index (χ0v) is 17.0. The number of benzene rings is 2. The van der Waals surface area contributed by atoms with Crippen molar-refractivity contribution in [2.45, 2.75) is 6.42 Å². The van der Waals surface area contributed by atoms with E-state index in [1.54, 1.807) is 7.11 Å². The molecule has 0 saturated carbocycles. The van der Waals surface area contributed by atoms with Crippen molar-refractivity contribution in [1.29, 1.82) is 0 Å². The topological polar surface area (TPSA) is 66.1 Å². The Kier molecular flexibility index (Phi) is 7.39. The van der Waals surface area contributed by atoms with Gasteiger partial charge in [0.05, 0.1) is 17.8 Å². The summed E-state index contributed by atoms with van der Waals surface area (Å²) < 4.78 is 5.21. The van der Waals surface area contributed by atoms with Gasteiger partial charge in [0.15, 0.2) is 5.96 Å². The Labute approximate surface area is 171 Å². The van der Waals surface area contributed by atoms with E-state index in [1.165, 1.54) is 0 Å². The van der Waals surface area contributed by atoms with E-state index >= 15 is 0 Å². The van der Waals surface area contributed by atoms with Crippen molar-refractivity contribution < 1.29 is 4.74 Å². The number of rotatable bonds is 7. The fourth-order valence-corrected chi connectivity index (χ4v) is 3.56. The molecule has 2 aromatic rings. The number of ether oxygens (including phenoxy) is 1. The summed E-state index contributed by atoms with van der Waals surface area (Å²) >= 11 is 6.31. The van der Waals surface area contributed by atoms with E-state index in [2.05, 4.69) is 26.2 Å². The highest BCUT2D eigenvalue weighted by molar-refractivity contribution is 6.33. The normalized spacial score (nSPS) is 15.5. The van der Waals surface area contributed by atoms with E-state index in [0.717, 1.165) is 61.3 Å². The van der Waals surface area contributed by atoms with Crippen molar-refractivity contribution >= 4 is 28.9 Å². The van der Waals surface area contributed by atoms with Gasteiger partial charge < -0.3 is 20.7 Å². The minimum absolute atomic E-state index is 0.428. The summed E-state index contributed by atoms with van der Waals surface area (Å²) in [5, 5.41) is 3.92. The molecule has 28 heavy (non-hydrogen) atoms. The molecular formula is C21H28ClN5O. The van der Waals surface area contributed by atoms with Gasteiger partial charge in [0, 0.05) is 51.0 Å². The summed E-state index contributed by atoms with van der Waals surface area (Å²) in [5.74, 6) is 1.21. The van der Waals surface area contributed by atoms with Crippen LogP contribution in [-0.2, 0) is 0 Å². The maximum Gasteiger partial charge on any atom is 0.193 e. The molecule has 0 spiro atoms. The molecule has 1 saturated heterocycles. The molecule has 0 atom stereocenters. The quantitative estimate of drug-likeness (QED) is 0.423. The molecule has 1 fully saturated rings. The number of anilines is 2.